The summed E-state index contributed by atoms with van der Waals surface area (Å²) in [4.78, 5) is 3.92. The highest BCUT2D eigenvalue weighted by Crippen LogP contribution is 2.27. The van der Waals surface area contributed by atoms with Crippen LogP contribution in [0.1, 0.15) is 18.2 Å². The molecule has 0 saturated carbocycles. The van der Waals surface area contributed by atoms with Gasteiger partial charge in [0.05, 0.1) is 28.3 Å². The molecule has 0 radical (unpaired) electrons. The standard InChI is InChI=1S/C12H16ClN5/c1-3-11-8(7-18(2)17-11)4-16-12-9(13)5-15-6-10(12)14/h5-7H,3-4,14H2,1-2H3,(H,15,16). The molecule has 0 fully saturated rings. The molecule has 96 valence electrons. The zero-order valence-electron chi connectivity index (χ0n) is 10.4. The molecule has 3 N–H and O–H groups in total. The van der Waals surface area contributed by atoms with E-state index in [0.29, 0.717) is 17.3 Å². The van der Waals surface area contributed by atoms with Crippen LogP contribution in [0.3, 0.4) is 0 Å². The molecule has 0 unspecified atom stereocenters. The van der Waals surface area contributed by atoms with E-state index in [0.717, 1.165) is 23.4 Å². The van der Waals surface area contributed by atoms with Crippen LogP contribution in [0.2, 0.25) is 5.02 Å². The van der Waals surface area contributed by atoms with E-state index < -0.39 is 0 Å². The highest BCUT2D eigenvalue weighted by atomic mass is 35.5. The Morgan fingerprint density at radius 2 is 2.22 bits per heavy atom. The maximum Gasteiger partial charge on any atom is 0.0841 e. The number of halogens is 1. The fourth-order valence-corrected chi connectivity index (χ4v) is 2.08. The quantitative estimate of drug-likeness (QED) is 0.889. The van der Waals surface area contributed by atoms with E-state index in [2.05, 4.69) is 22.3 Å². The van der Waals surface area contributed by atoms with Crippen LogP contribution in [0.5, 0.6) is 0 Å². The van der Waals surface area contributed by atoms with Gasteiger partial charge >= 0.3 is 0 Å². The van der Waals surface area contributed by atoms with E-state index in [1.807, 2.05) is 17.9 Å². The number of nitrogen functional groups attached to an aromatic ring is 1. The predicted octanol–water partition coefficient (Wildman–Crippen LogP) is 2.23. The summed E-state index contributed by atoms with van der Waals surface area (Å²) in [5.74, 6) is 0. The van der Waals surface area contributed by atoms with Crippen LogP contribution in [-0.2, 0) is 20.0 Å². The minimum absolute atomic E-state index is 0.525. The Balaban J connectivity index is 2.16. The number of nitrogens with zero attached hydrogens (tertiary/aromatic N) is 3. The largest absolute Gasteiger partial charge is 0.396 e. The third-order valence-electron chi connectivity index (χ3n) is 2.71. The average molecular weight is 266 g/mol. The van der Waals surface area contributed by atoms with Crippen molar-refractivity contribution in [1.82, 2.24) is 14.8 Å². The summed E-state index contributed by atoms with van der Waals surface area (Å²) >= 11 is 6.05. The summed E-state index contributed by atoms with van der Waals surface area (Å²) in [5, 5.41) is 8.15. The van der Waals surface area contributed by atoms with Gasteiger partial charge in [-0.1, -0.05) is 18.5 Å². The van der Waals surface area contributed by atoms with Crippen molar-refractivity contribution in [3.8, 4) is 0 Å². The van der Waals surface area contributed by atoms with E-state index in [4.69, 9.17) is 17.3 Å². The van der Waals surface area contributed by atoms with Gasteiger partial charge in [-0.05, 0) is 6.42 Å². The first-order valence-corrected chi connectivity index (χ1v) is 6.13. The maximum absolute atomic E-state index is 6.05. The van der Waals surface area contributed by atoms with Gasteiger partial charge in [-0.2, -0.15) is 5.10 Å². The number of aromatic nitrogens is 3. The lowest BCUT2D eigenvalue weighted by molar-refractivity contribution is 0.746. The van der Waals surface area contributed by atoms with Crippen LogP contribution in [0.4, 0.5) is 11.4 Å². The average Bonchev–Trinajstić information content (AvgIpc) is 2.69. The summed E-state index contributed by atoms with van der Waals surface area (Å²) in [7, 11) is 1.91. The lowest BCUT2D eigenvalue weighted by atomic mass is 10.2. The van der Waals surface area contributed by atoms with Gasteiger partial charge in [-0.15, -0.1) is 0 Å². The molecule has 0 bridgehead atoms. The fourth-order valence-electron chi connectivity index (χ4n) is 1.85. The molecule has 2 aromatic rings. The van der Waals surface area contributed by atoms with Gasteiger partial charge in [0.25, 0.3) is 0 Å². The monoisotopic (exact) mass is 265 g/mol. The van der Waals surface area contributed by atoms with Crippen molar-refractivity contribution in [1.29, 1.82) is 0 Å². The van der Waals surface area contributed by atoms with Crippen molar-refractivity contribution in [3.63, 3.8) is 0 Å². The second-order valence-corrected chi connectivity index (χ2v) is 4.47. The molecule has 0 saturated heterocycles. The molecular weight excluding hydrogens is 250 g/mol. The number of nitrogens with two attached hydrogens (primary N) is 1. The molecule has 0 aliphatic heterocycles. The number of aryl methyl sites for hydroxylation is 2. The second kappa shape index (κ2) is 5.27. The van der Waals surface area contributed by atoms with Gasteiger partial charge in [0.1, 0.15) is 0 Å². The van der Waals surface area contributed by atoms with Crippen LogP contribution in [0.15, 0.2) is 18.6 Å². The van der Waals surface area contributed by atoms with Crippen LogP contribution >= 0.6 is 11.6 Å². The van der Waals surface area contributed by atoms with Crippen molar-refractivity contribution in [2.75, 3.05) is 11.1 Å². The van der Waals surface area contributed by atoms with E-state index in [-0.39, 0.29) is 0 Å². The van der Waals surface area contributed by atoms with E-state index in [1.54, 1.807) is 12.4 Å². The lowest BCUT2D eigenvalue weighted by Crippen LogP contribution is -2.04. The number of rotatable bonds is 4. The summed E-state index contributed by atoms with van der Waals surface area (Å²) in [5.41, 5.74) is 9.32. The van der Waals surface area contributed by atoms with Crippen molar-refractivity contribution in [2.24, 2.45) is 7.05 Å². The fraction of sp³-hybridized carbons (Fsp3) is 0.333. The minimum atomic E-state index is 0.525. The van der Waals surface area contributed by atoms with Crippen molar-refractivity contribution in [3.05, 3.63) is 34.9 Å². The summed E-state index contributed by atoms with van der Waals surface area (Å²) in [6.07, 6.45) is 6.05. The third-order valence-corrected chi connectivity index (χ3v) is 3.00. The number of hydrogen-bond acceptors (Lipinski definition) is 4. The van der Waals surface area contributed by atoms with Crippen molar-refractivity contribution in [2.45, 2.75) is 19.9 Å². The topological polar surface area (TPSA) is 68.8 Å². The SMILES string of the molecule is CCc1nn(C)cc1CNc1c(N)cncc1Cl. The third kappa shape index (κ3) is 2.56. The van der Waals surface area contributed by atoms with Crippen molar-refractivity contribution < 1.29 is 0 Å². The number of anilines is 2. The molecule has 2 rings (SSSR count). The molecule has 0 amide bonds. The summed E-state index contributed by atoms with van der Waals surface area (Å²) < 4.78 is 1.81. The van der Waals surface area contributed by atoms with Crippen LogP contribution in [-0.4, -0.2) is 14.8 Å². The Bertz CT molecular complexity index is 529. The molecule has 0 aliphatic rings. The minimum Gasteiger partial charge on any atom is -0.396 e. The summed E-state index contributed by atoms with van der Waals surface area (Å²) in [6.45, 7) is 2.73. The first kappa shape index (κ1) is 12.7. The molecule has 0 spiro atoms. The Kier molecular flexibility index (Phi) is 3.72. The Morgan fingerprint density at radius 3 is 2.89 bits per heavy atom. The van der Waals surface area contributed by atoms with Gasteiger partial charge in [0, 0.05) is 31.5 Å². The zero-order chi connectivity index (χ0) is 13.1. The number of pyridine rings is 1. The van der Waals surface area contributed by atoms with E-state index in [1.165, 1.54) is 0 Å². The molecule has 2 heterocycles. The Morgan fingerprint density at radius 1 is 1.44 bits per heavy atom. The highest BCUT2D eigenvalue weighted by molar-refractivity contribution is 6.33. The molecule has 2 aromatic heterocycles. The molecule has 0 atom stereocenters. The summed E-state index contributed by atoms with van der Waals surface area (Å²) in [6, 6.07) is 0. The normalized spacial score (nSPS) is 10.6. The van der Waals surface area contributed by atoms with Gasteiger partial charge in [-0.25, -0.2) is 0 Å². The number of nitrogens with one attached hydrogen (secondary N) is 1. The highest BCUT2D eigenvalue weighted by Gasteiger charge is 2.08. The molecule has 18 heavy (non-hydrogen) atoms. The second-order valence-electron chi connectivity index (χ2n) is 4.07. The molecule has 0 aliphatic carbocycles. The molecule has 6 heteroatoms. The molecule has 0 aromatic carbocycles. The van der Waals surface area contributed by atoms with Gasteiger partial charge in [0.2, 0.25) is 0 Å². The van der Waals surface area contributed by atoms with Gasteiger partial charge in [0.15, 0.2) is 0 Å². The Hall–Kier alpha value is -1.75. The van der Waals surface area contributed by atoms with Crippen LogP contribution in [0.25, 0.3) is 0 Å². The van der Waals surface area contributed by atoms with Crippen molar-refractivity contribution >= 4 is 23.0 Å². The number of hydrogen-bond donors (Lipinski definition) is 2. The van der Waals surface area contributed by atoms with E-state index >= 15 is 0 Å². The van der Waals surface area contributed by atoms with Crippen LogP contribution < -0.4 is 11.1 Å². The first-order valence-electron chi connectivity index (χ1n) is 5.76. The molecule has 5 nitrogen and oxygen atoms in total. The Labute approximate surface area is 111 Å². The smallest absolute Gasteiger partial charge is 0.0841 e. The predicted molar refractivity (Wildman–Crippen MR) is 73.6 cm³/mol. The first-order chi connectivity index (χ1) is 8.61. The van der Waals surface area contributed by atoms with E-state index in [9.17, 15) is 0 Å². The van der Waals surface area contributed by atoms with Crippen LogP contribution in [0, 0.1) is 0 Å². The van der Waals surface area contributed by atoms with Gasteiger partial charge in [-0.3, -0.25) is 9.67 Å². The molecular formula is C12H16ClN5. The maximum atomic E-state index is 6.05. The zero-order valence-corrected chi connectivity index (χ0v) is 11.2. The van der Waals surface area contributed by atoms with Gasteiger partial charge < -0.3 is 11.1 Å². The lowest BCUT2D eigenvalue weighted by Gasteiger charge is -2.10.